The third-order valence-electron chi connectivity index (χ3n) is 3.59. The number of carbonyl (C=O) groups excluding carboxylic acids is 1. The predicted molar refractivity (Wildman–Crippen MR) is 108 cm³/mol. The minimum atomic E-state index is -3.62. The summed E-state index contributed by atoms with van der Waals surface area (Å²) >= 11 is 0. The zero-order valence-electron chi connectivity index (χ0n) is 16.4. The van der Waals surface area contributed by atoms with Crippen LogP contribution in [0.2, 0.25) is 0 Å². The van der Waals surface area contributed by atoms with Gasteiger partial charge in [0.1, 0.15) is 0 Å². The number of nitrogens with one attached hydrogen (secondary N) is 2. The second-order valence-electron chi connectivity index (χ2n) is 8.20. The third-order valence-corrected chi connectivity index (χ3v) is 5.37. The van der Waals surface area contributed by atoms with Gasteiger partial charge in [-0.05, 0) is 64.3 Å². The van der Waals surface area contributed by atoms with E-state index in [2.05, 4.69) is 23.9 Å². The summed E-state index contributed by atoms with van der Waals surface area (Å²) in [7, 11) is -3.62. The molecule has 0 aromatic heterocycles. The summed E-state index contributed by atoms with van der Waals surface area (Å²) in [5, 5.41) is 2.96. The summed E-state index contributed by atoms with van der Waals surface area (Å²) in [4.78, 5) is 12.6. The van der Waals surface area contributed by atoms with Gasteiger partial charge < -0.3 is 11.1 Å². The third kappa shape index (κ3) is 7.61. The van der Waals surface area contributed by atoms with Crippen molar-refractivity contribution in [3.05, 3.63) is 29.8 Å². The first-order valence-corrected chi connectivity index (χ1v) is 9.93. The first kappa shape index (κ1) is 24.8. The maximum absolute atomic E-state index is 12.5. The van der Waals surface area contributed by atoms with Crippen LogP contribution in [0.5, 0.6) is 0 Å². The van der Waals surface area contributed by atoms with Crippen LogP contribution in [-0.4, -0.2) is 31.9 Å². The molecule has 1 rings (SSSR count). The Bertz CT molecular complexity index is 697. The van der Waals surface area contributed by atoms with Crippen LogP contribution >= 0.6 is 12.4 Å². The second-order valence-corrected chi connectivity index (χ2v) is 9.88. The van der Waals surface area contributed by atoms with Crippen LogP contribution in [0.3, 0.4) is 0 Å². The summed E-state index contributed by atoms with van der Waals surface area (Å²) < 4.78 is 27.2. The summed E-state index contributed by atoms with van der Waals surface area (Å²) in [6.45, 7) is 11.7. The van der Waals surface area contributed by atoms with Gasteiger partial charge in [-0.25, -0.2) is 13.1 Å². The number of rotatable bonds is 7. The number of nitrogens with two attached hydrogens (primary N) is 1. The monoisotopic (exact) mass is 405 g/mol. The molecule has 8 heteroatoms. The lowest BCUT2D eigenvalue weighted by molar-refractivity contribution is 0.0898. The minimum Gasteiger partial charge on any atom is -0.346 e. The Hall–Kier alpha value is -1.15. The number of amides is 1. The van der Waals surface area contributed by atoms with Crippen LogP contribution in [0.15, 0.2) is 29.2 Å². The van der Waals surface area contributed by atoms with E-state index in [0.29, 0.717) is 18.0 Å². The largest absolute Gasteiger partial charge is 0.346 e. The molecule has 1 aromatic rings. The van der Waals surface area contributed by atoms with Crippen molar-refractivity contribution < 1.29 is 13.2 Å². The lowest BCUT2D eigenvalue weighted by atomic mass is 9.90. The normalized spacial score (nSPS) is 14.5. The molecule has 26 heavy (non-hydrogen) atoms. The molecule has 1 atom stereocenters. The van der Waals surface area contributed by atoms with Crippen molar-refractivity contribution in [2.45, 2.75) is 63.9 Å². The molecule has 0 aliphatic rings. The standard InChI is InChI=1S/C18H31N3O3S.ClH/c1-13(2)11-18(6,12-19)20-16(22)14-7-9-15(10-8-14)25(23,24)21-17(3,4)5;/h7-10,13,21H,11-12,19H2,1-6H3,(H,20,22);1H. The van der Waals surface area contributed by atoms with Crippen LogP contribution in [0, 0.1) is 5.92 Å². The quantitative estimate of drug-likeness (QED) is 0.649. The van der Waals surface area contributed by atoms with Crippen molar-refractivity contribution in [3.8, 4) is 0 Å². The first-order chi connectivity index (χ1) is 11.3. The van der Waals surface area contributed by atoms with Crippen molar-refractivity contribution >= 4 is 28.3 Å². The number of sulfonamides is 1. The average Bonchev–Trinajstić information content (AvgIpc) is 2.44. The van der Waals surface area contributed by atoms with E-state index in [4.69, 9.17) is 5.73 Å². The first-order valence-electron chi connectivity index (χ1n) is 8.45. The van der Waals surface area contributed by atoms with Crippen LogP contribution in [0.25, 0.3) is 0 Å². The number of benzene rings is 1. The van der Waals surface area contributed by atoms with Crippen LogP contribution in [0.1, 0.15) is 58.3 Å². The molecule has 0 aliphatic heterocycles. The van der Waals surface area contributed by atoms with Crippen LogP contribution < -0.4 is 15.8 Å². The Labute approximate surface area is 163 Å². The molecule has 0 heterocycles. The van der Waals surface area contributed by atoms with Crippen molar-refractivity contribution in [2.75, 3.05) is 6.54 Å². The Morgan fingerprint density at radius 3 is 2.00 bits per heavy atom. The topological polar surface area (TPSA) is 101 Å². The Morgan fingerprint density at radius 2 is 1.62 bits per heavy atom. The number of hydrogen-bond acceptors (Lipinski definition) is 4. The Morgan fingerprint density at radius 1 is 1.12 bits per heavy atom. The summed E-state index contributed by atoms with van der Waals surface area (Å²) in [6, 6.07) is 5.90. The highest BCUT2D eigenvalue weighted by Crippen LogP contribution is 2.18. The molecule has 0 aliphatic carbocycles. The van der Waals surface area contributed by atoms with E-state index >= 15 is 0 Å². The molecule has 150 valence electrons. The molecule has 0 fully saturated rings. The molecule has 0 saturated heterocycles. The van der Waals surface area contributed by atoms with Gasteiger partial charge in [-0.3, -0.25) is 4.79 Å². The fourth-order valence-corrected chi connectivity index (χ4v) is 4.10. The number of halogens is 1. The van der Waals surface area contributed by atoms with Gasteiger partial charge in [0.2, 0.25) is 10.0 Å². The fourth-order valence-electron chi connectivity index (χ4n) is 2.68. The van der Waals surface area contributed by atoms with Crippen LogP contribution in [-0.2, 0) is 10.0 Å². The smallest absolute Gasteiger partial charge is 0.251 e. The second kappa shape index (κ2) is 9.17. The summed E-state index contributed by atoms with van der Waals surface area (Å²) in [6.07, 6.45) is 0.761. The van der Waals surface area contributed by atoms with Crippen molar-refractivity contribution in [2.24, 2.45) is 11.7 Å². The summed E-state index contributed by atoms with van der Waals surface area (Å²) in [5.74, 6) is 0.131. The van der Waals surface area contributed by atoms with Crippen LogP contribution in [0.4, 0.5) is 0 Å². The fraction of sp³-hybridized carbons (Fsp3) is 0.611. The lowest BCUT2D eigenvalue weighted by Gasteiger charge is -2.31. The van der Waals surface area contributed by atoms with Gasteiger partial charge in [0.15, 0.2) is 0 Å². The molecule has 0 radical (unpaired) electrons. The van der Waals surface area contributed by atoms with E-state index in [9.17, 15) is 13.2 Å². The van der Waals surface area contributed by atoms with E-state index < -0.39 is 21.1 Å². The Balaban J connectivity index is 0.00000625. The molecular weight excluding hydrogens is 374 g/mol. The SMILES string of the molecule is CC(C)CC(C)(CN)NC(=O)c1ccc(S(=O)(=O)NC(C)(C)C)cc1.Cl. The van der Waals surface area contributed by atoms with Gasteiger partial charge in [0, 0.05) is 23.2 Å². The summed E-state index contributed by atoms with van der Waals surface area (Å²) in [5.41, 5.74) is 5.15. The molecule has 6 nitrogen and oxygen atoms in total. The minimum absolute atomic E-state index is 0. The number of carbonyl (C=O) groups is 1. The van der Waals surface area contributed by atoms with Gasteiger partial charge in [0.25, 0.3) is 5.91 Å². The van der Waals surface area contributed by atoms with E-state index in [0.717, 1.165) is 6.42 Å². The van der Waals surface area contributed by atoms with E-state index in [1.807, 2.05) is 6.92 Å². The van der Waals surface area contributed by atoms with Gasteiger partial charge >= 0.3 is 0 Å². The highest BCUT2D eigenvalue weighted by atomic mass is 35.5. The molecule has 1 aromatic carbocycles. The van der Waals surface area contributed by atoms with Gasteiger partial charge in [0.05, 0.1) is 4.90 Å². The molecule has 0 spiro atoms. The zero-order chi connectivity index (χ0) is 19.5. The predicted octanol–water partition coefficient (Wildman–Crippen LogP) is 2.68. The number of hydrogen-bond donors (Lipinski definition) is 3. The van der Waals surface area contributed by atoms with E-state index in [-0.39, 0.29) is 23.2 Å². The van der Waals surface area contributed by atoms with Crippen molar-refractivity contribution in [1.82, 2.24) is 10.0 Å². The molecule has 1 unspecified atom stereocenters. The van der Waals surface area contributed by atoms with E-state index in [1.54, 1.807) is 20.8 Å². The highest BCUT2D eigenvalue weighted by Gasteiger charge is 2.27. The molecule has 1 amide bonds. The average molecular weight is 406 g/mol. The van der Waals surface area contributed by atoms with Crippen molar-refractivity contribution in [3.63, 3.8) is 0 Å². The van der Waals surface area contributed by atoms with E-state index in [1.165, 1.54) is 24.3 Å². The van der Waals surface area contributed by atoms with Crippen molar-refractivity contribution in [1.29, 1.82) is 0 Å². The zero-order valence-corrected chi connectivity index (χ0v) is 18.1. The highest BCUT2D eigenvalue weighted by molar-refractivity contribution is 7.89. The van der Waals surface area contributed by atoms with Gasteiger partial charge in [-0.15, -0.1) is 12.4 Å². The lowest BCUT2D eigenvalue weighted by Crippen LogP contribution is -2.52. The molecule has 0 saturated carbocycles. The van der Waals surface area contributed by atoms with Gasteiger partial charge in [-0.2, -0.15) is 0 Å². The maximum atomic E-state index is 12.5. The molecule has 4 N–H and O–H groups in total. The Kier molecular flexibility index (Phi) is 8.76. The molecule has 0 bridgehead atoms. The maximum Gasteiger partial charge on any atom is 0.251 e. The van der Waals surface area contributed by atoms with Gasteiger partial charge in [-0.1, -0.05) is 13.8 Å². The molecular formula is C18H32ClN3O3S.